The Labute approximate surface area is 145 Å². The molecule has 0 saturated carbocycles. The lowest BCUT2D eigenvalue weighted by Gasteiger charge is -2.21. The van der Waals surface area contributed by atoms with Gasteiger partial charge in [0.2, 0.25) is 0 Å². The van der Waals surface area contributed by atoms with Crippen LogP contribution in [0.1, 0.15) is 23.0 Å². The second-order valence-electron chi connectivity index (χ2n) is 5.18. The van der Waals surface area contributed by atoms with Crippen molar-refractivity contribution in [2.75, 3.05) is 11.4 Å². The molecule has 2 aromatic carbocycles. The van der Waals surface area contributed by atoms with Crippen molar-refractivity contribution in [1.29, 1.82) is 0 Å². The standard InChI is InChI=1S/C19H18N2O2S/c1-2-21(17-6-4-3-5-7-17)19(22)15-8-10-18(11-9-15)23-12-16-13-24-14-20-16/h3-11,13-14H,2,12H2,1H3. The normalized spacial score (nSPS) is 10.4. The second-order valence-corrected chi connectivity index (χ2v) is 5.90. The number of anilines is 1. The molecule has 0 atom stereocenters. The first-order valence-corrected chi connectivity index (χ1v) is 8.69. The maximum Gasteiger partial charge on any atom is 0.258 e. The fourth-order valence-corrected chi connectivity index (χ4v) is 2.91. The van der Waals surface area contributed by atoms with E-state index >= 15 is 0 Å². The van der Waals surface area contributed by atoms with Crippen LogP contribution in [0.3, 0.4) is 0 Å². The molecule has 3 aromatic rings. The molecular weight excluding hydrogens is 320 g/mol. The first kappa shape index (κ1) is 16.2. The predicted octanol–water partition coefficient (Wildman–Crippen LogP) is 4.39. The lowest BCUT2D eigenvalue weighted by atomic mass is 10.1. The summed E-state index contributed by atoms with van der Waals surface area (Å²) in [6.07, 6.45) is 0. The van der Waals surface area contributed by atoms with Crippen LogP contribution < -0.4 is 9.64 Å². The molecule has 3 rings (SSSR count). The van der Waals surface area contributed by atoms with Crippen molar-refractivity contribution in [1.82, 2.24) is 4.98 Å². The van der Waals surface area contributed by atoms with Crippen LogP contribution in [0.5, 0.6) is 5.75 Å². The molecule has 0 bridgehead atoms. The highest BCUT2D eigenvalue weighted by molar-refractivity contribution is 7.07. The van der Waals surface area contributed by atoms with Crippen molar-refractivity contribution in [3.63, 3.8) is 0 Å². The van der Waals surface area contributed by atoms with E-state index in [0.717, 1.165) is 17.1 Å². The molecule has 0 aliphatic heterocycles. The van der Waals surface area contributed by atoms with E-state index in [1.807, 2.05) is 54.8 Å². The molecular formula is C19H18N2O2S. The molecule has 1 amide bonds. The van der Waals surface area contributed by atoms with Gasteiger partial charge in [-0.3, -0.25) is 4.79 Å². The van der Waals surface area contributed by atoms with Gasteiger partial charge in [0.25, 0.3) is 5.91 Å². The zero-order chi connectivity index (χ0) is 16.8. The van der Waals surface area contributed by atoms with E-state index in [4.69, 9.17) is 4.74 Å². The number of aromatic nitrogens is 1. The number of thiazole rings is 1. The lowest BCUT2D eigenvalue weighted by molar-refractivity contribution is 0.0988. The fourth-order valence-electron chi connectivity index (χ4n) is 2.37. The number of rotatable bonds is 6. The molecule has 0 aliphatic carbocycles. The quantitative estimate of drug-likeness (QED) is 0.669. The van der Waals surface area contributed by atoms with Crippen LogP contribution in [0.25, 0.3) is 0 Å². The van der Waals surface area contributed by atoms with Crippen LogP contribution in [0, 0.1) is 0 Å². The molecule has 1 heterocycles. The van der Waals surface area contributed by atoms with E-state index in [9.17, 15) is 4.79 Å². The second kappa shape index (κ2) is 7.75. The Hall–Kier alpha value is -2.66. The van der Waals surface area contributed by atoms with E-state index in [2.05, 4.69) is 4.98 Å². The Morgan fingerprint density at radius 2 is 1.88 bits per heavy atom. The SMILES string of the molecule is CCN(C(=O)c1ccc(OCc2cscn2)cc1)c1ccccc1. The van der Waals surface area contributed by atoms with Crippen molar-refractivity contribution >= 4 is 22.9 Å². The number of benzene rings is 2. The van der Waals surface area contributed by atoms with E-state index in [1.165, 1.54) is 0 Å². The monoisotopic (exact) mass is 338 g/mol. The van der Waals surface area contributed by atoms with Crippen molar-refractivity contribution in [3.05, 3.63) is 76.7 Å². The van der Waals surface area contributed by atoms with Gasteiger partial charge in [-0.15, -0.1) is 11.3 Å². The summed E-state index contributed by atoms with van der Waals surface area (Å²) < 4.78 is 5.68. The van der Waals surface area contributed by atoms with Gasteiger partial charge in [0.1, 0.15) is 12.4 Å². The first-order chi connectivity index (χ1) is 11.8. The molecule has 0 fully saturated rings. The largest absolute Gasteiger partial charge is 0.487 e. The van der Waals surface area contributed by atoms with Crippen molar-refractivity contribution in [2.24, 2.45) is 0 Å². The Morgan fingerprint density at radius 3 is 2.50 bits per heavy atom. The zero-order valence-electron chi connectivity index (χ0n) is 13.4. The maximum absolute atomic E-state index is 12.7. The van der Waals surface area contributed by atoms with Gasteiger partial charge in [-0.2, -0.15) is 0 Å². The molecule has 4 nitrogen and oxygen atoms in total. The molecule has 0 unspecified atom stereocenters. The van der Waals surface area contributed by atoms with Gasteiger partial charge in [-0.25, -0.2) is 4.98 Å². The number of carbonyl (C=O) groups excluding carboxylic acids is 1. The van der Waals surface area contributed by atoms with E-state index in [-0.39, 0.29) is 5.91 Å². The molecule has 0 saturated heterocycles. The van der Waals surface area contributed by atoms with Gasteiger partial charge in [-0.1, -0.05) is 18.2 Å². The van der Waals surface area contributed by atoms with Crippen molar-refractivity contribution < 1.29 is 9.53 Å². The van der Waals surface area contributed by atoms with Crippen LogP contribution in [0.15, 0.2) is 65.5 Å². The molecule has 24 heavy (non-hydrogen) atoms. The summed E-state index contributed by atoms with van der Waals surface area (Å²) in [6, 6.07) is 16.9. The number of carbonyl (C=O) groups is 1. The van der Waals surface area contributed by atoms with Crippen LogP contribution in [-0.2, 0) is 6.61 Å². The van der Waals surface area contributed by atoms with Gasteiger partial charge in [0.05, 0.1) is 11.2 Å². The van der Waals surface area contributed by atoms with Crippen LogP contribution in [0.2, 0.25) is 0 Å². The average molecular weight is 338 g/mol. The van der Waals surface area contributed by atoms with Gasteiger partial charge in [0, 0.05) is 23.2 Å². The minimum atomic E-state index is -0.0187. The van der Waals surface area contributed by atoms with Crippen LogP contribution >= 0.6 is 11.3 Å². The number of ether oxygens (including phenoxy) is 1. The van der Waals surface area contributed by atoms with Crippen molar-refractivity contribution in [3.8, 4) is 5.75 Å². The maximum atomic E-state index is 12.7. The van der Waals surface area contributed by atoms with E-state index in [1.54, 1.807) is 33.9 Å². The molecule has 5 heteroatoms. The summed E-state index contributed by atoms with van der Waals surface area (Å²) in [7, 11) is 0. The summed E-state index contributed by atoms with van der Waals surface area (Å²) in [5, 5.41) is 1.96. The number of para-hydroxylation sites is 1. The molecule has 1 aromatic heterocycles. The minimum absolute atomic E-state index is 0.0187. The molecule has 0 aliphatic rings. The van der Waals surface area contributed by atoms with Gasteiger partial charge in [-0.05, 0) is 43.3 Å². The molecule has 0 radical (unpaired) electrons. The van der Waals surface area contributed by atoms with Gasteiger partial charge < -0.3 is 9.64 Å². The minimum Gasteiger partial charge on any atom is -0.487 e. The smallest absolute Gasteiger partial charge is 0.258 e. The number of hydrogen-bond donors (Lipinski definition) is 0. The van der Waals surface area contributed by atoms with Crippen LogP contribution in [-0.4, -0.2) is 17.4 Å². The zero-order valence-corrected chi connectivity index (χ0v) is 14.2. The fraction of sp³-hybridized carbons (Fsp3) is 0.158. The summed E-state index contributed by atoms with van der Waals surface area (Å²) >= 11 is 1.54. The third kappa shape index (κ3) is 3.81. The Bertz CT molecular complexity index is 771. The van der Waals surface area contributed by atoms with Crippen molar-refractivity contribution in [2.45, 2.75) is 13.5 Å². The lowest BCUT2D eigenvalue weighted by Crippen LogP contribution is -2.30. The van der Waals surface area contributed by atoms with Gasteiger partial charge in [0.15, 0.2) is 0 Å². The summed E-state index contributed by atoms with van der Waals surface area (Å²) in [5.41, 5.74) is 4.22. The van der Waals surface area contributed by atoms with E-state index in [0.29, 0.717) is 18.7 Å². The summed E-state index contributed by atoms with van der Waals surface area (Å²) in [4.78, 5) is 18.6. The number of nitrogens with zero attached hydrogens (tertiary/aromatic N) is 2. The Kier molecular flexibility index (Phi) is 5.23. The van der Waals surface area contributed by atoms with Crippen LogP contribution in [0.4, 0.5) is 5.69 Å². The summed E-state index contributed by atoms with van der Waals surface area (Å²) in [5.74, 6) is 0.706. The van der Waals surface area contributed by atoms with Gasteiger partial charge >= 0.3 is 0 Å². The topological polar surface area (TPSA) is 42.4 Å². The third-order valence-corrected chi connectivity index (χ3v) is 4.24. The average Bonchev–Trinajstić information content (AvgIpc) is 3.15. The Balaban J connectivity index is 1.69. The number of hydrogen-bond acceptors (Lipinski definition) is 4. The molecule has 122 valence electrons. The Morgan fingerprint density at radius 1 is 1.12 bits per heavy atom. The highest BCUT2D eigenvalue weighted by Gasteiger charge is 2.15. The third-order valence-electron chi connectivity index (χ3n) is 3.60. The number of amides is 1. The highest BCUT2D eigenvalue weighted by Crippen LogP contribution is 2.19. The highest BCUT2D eigenvalue weighted by atomic mass is 32.1. The molecule has 0 N–H and O–H groups in total. The van der Waals surface area contributed by atoms with E-state index < -0.39 is 0 Å². The predicted molar refractivity (Wildman–Crippen MR) is 96.7 cm³/mol. The molecule has 0 spiro atoms. The summed E-state index contributed by atoms with van der Waals surface area (Å²) in [6.45, 7) is 3.02. The first-order valence-electron chi connectivity index (χ1n) is 7.74.